The van der Waals surface area contributed by atoms with Crippen LogP contribution in [0.1, 0.15) is 32.6 Å². The van der Waals surface area contributed by atoms with Crippen LogP contribution in [-0.2, 0) is 0 Å². The summed E-state index contributed by atoms with van der Waals surface area (Å²) in [5, 5.41) is 0. The molecule has 0 saturated carbocycles. The SMILES string of the molecule is CCC=CCCCCCl. The van der Waals surface area contributed by atoms with E-state index in [9.17, 15) is 0 Å². The standard InChI is InChI=1S/C8H15Cl/c1-2-3-4-5-6-7-8-9/h3-4H,2,5-8H2,1H3. The highest BCUT2D eigenvalue weighted by atomic mass is 35.5. The van der Waals surface area contributed by atoms with Gasteiger partial charge < -0.3 is 0 Å². The zero-order valence-electron chi connectivity index (χ0n) is 6.07. The van der Waals surface area contributed by atoms with Crippen molar-refractivity contribution in [1.29, 1.82) is 0 Å². The molecule has 0 fully saturated rings. The molecule has 54 valence electrons. The Morgan fingerprint density at radius 2 is 2.00 bits per heavy atom. The maximum atomic E-state index is 5.49. The molecular weight excluding hydrogens is 132 g/mol. The molecule has 0 unspecified atom stereocenters. The van der Waals surface area contributed by atoms with Gasteiger partial charge in [-0.2, -0.15) is 0 Å². The number of halogens is 1. The lowest BCUT2D eigenvalue weighted by molar-refractivity contribution is 0.818. The van der Waals surface area contributed by atoms with E-state index in [1.54, 1.807) is 0 Å². The van der Waals surface area contributed by atoms with E-state index < -0.39 is 0 Å². The average molecular weight is 147 g/mol. The third-order valence-corrected chi connectivity index (χ3v) is 1.42. The van der Waals surface area contributed by atoms with Crippen LogP contribution in [0.15, 0.2) is 12.2 Å². The van der Waals surface area contributed by atoms with Crippen LogP contribution < -0.4 is 0 Å². The first kappa shape index (κ1) is 9.03. The fourth-order valence-corrected chi connectivity index (χ4v) is 0.830. The largest absolute Gasteiger partial charge is 0.127 e. The van der Waals surface area contributed by atoms with Crippen molar-refractivity contribution in [3.05, 3.63) is 12.2 Å². The van der Waals surface area contributed by atoms with Crippen LogP contribution in [0.2, 0.25) is 0 Å². The van der Waals surface area contributed by atoms with E-state index in [1.807, 2.05) is 0 Å². The van der Waals surface area contributed by atoms with Crippen LogP contribution in [0, 0.1) is 0 Å². The van der Waals surface area contributed by atoms with Crippen LogP contribution >= 0.6 is 11.6 Å². The van der Waals surface area contributed by atoms with E-state index in [-0.39, 0.29) is 0 Å². The van der Waals surface area contributed by atoms with Gasteiger partial charge in [0.25, 0.3) is 0 Å². The minimum absolute atomic E-state index is 0.806. The van der Waals surface area contributed by atoms with E-state index in [4.69, 9.17) is 11.6 Å². The number of unbranched alkanes of at least 4 members (excludes halogenated alkanes) is 2. The van der Waals surface area contributed by atoms with Crippen LogP contribution in [0.3, 0.4) is 0 Å². The van der Waals surface area contributed by atoms with E-state index in [2.05, 4.69) is 19.1 Å². The monoisotopic (exact) mass is 146 g/mol. The summed E-state index contributed by atoms with van der Waals surface area (Å²) in [6.07, 6.45) is 9.16. The lowest BCUT2D eigenvalue weighted by Crippen LogP contribution is -1.73. The molecule has 0 aliphatic heterocycles. The van der Waals surface area contributed by atoms with Gasteiger partial charge in [0, 0.05) is 5.88 Å². The van der Waals surface area contributed by atoms with Gasteiger partial charge >= 0.3 is 0 Å². The zero-order valence-corrected chi connectivity index (χ0v) is 6.82. The van der Waals surface area contributed by atoms with Crippen molar-refractivity contribution in [2.24, 2.45) is 0 Å². The van der Waals surface area contributed by atoms with E-state index in [1.165, 1.54) is 12.8 Å². The van der Waals surface area contributed by atoms with E-state index in [0.29, 0.717) is 0 Å². The van der Waals surface area contributed by atoms with E-state index >= 15 is 0 Å². The van der Waals surface area contributed by atoms with Gasteiger partial charge in [-0.1, -0.05) is 19.1 Å². The minimum atomic E-state index is 0.806. The molecule has 0 aromatic heterocycles. The van der Waals surface area contributed by atoms with Gasteiger partial charge in [0.1, 0.15) is 0 Å². The first-order valence-corrected chi connectivity index (χ1v) is 4.16. The number of hydrogen-bond acceptors (Lipinski definition) is 0. The zero-order chi connectivity index (χ0) is 6.95. The van der Waals surface area contributed by atoms with Gasteiger partial charge in [0.2, 0.25) is 0 Å². The van der Waals surface area contributed by atoms with Crippen molar-refractivity contribution in [3.8, 4) is 0 Å². The number of allylic oxidation sites excluding steroid dienone is 2. The van der Waals surface area contributed by atoms with Gasteiger partial charge in [0.15, 0.2) is 0 Å². The van der Waals surface area contributed by atoms with Gasteiger partial charge in [0.05, 0.1) is 0 Å². The highest BCUT2D eigenvalue weighted by molar-refractivity contribution is 6.17. The van der Waals surface area contributed by atoms with Gasteiger partial charge in [-0.05, 0) is 25.7 Å². The highest BCUT2D eigenvalue weighted by Crippen LogP contribution is 1.98. The normalized spacial score (nSPS) is 10.9. The number of rotatable bonds is 5. The molecule has 0 radical (unpaired) electrons. The first-order chi connectivity index (χ1) is 4.41. The maximum Gasteiger partial charge on any atom is 0.0223 e. The third-order valence-electron chi connectivity index (χ3n) is 1.16. The smallest absolute Gasteiger partial charge is 0.0223 e. The summed E-state index contributed by atoms with van der Waals surface area (Å²) < 4.78 is 0. The molecule has 0 heterocycles. The molecule has 0 aromatic carbocycles. The molecule has 9 heavy (non-hydrogen) atoms. The summed E-state index contributed by atoms with van der Waals surface area (Å²) in [6.45, 7) is 2.15. The lowest BCUT2D eigenvalue weighted by atomic mass is 10.2. The third kappa shape index (κ3) is 8.03. The van der Waals surface area contributed by atoms with Crippen LogP contribution in [0.25, 0.3) is 0 Å². The topological polar surface area (TPSA) is 0 Å². The molecule has 0 rings (SSSR count). The van der Waals surface area contributed by atoms with Crippen molar-refractivity contribution >= 4 is 11.6 Å². The van der Waals surface area contributed by atoms with Crippen LogP contribution in [-0.4, -0.2) is 5.88 Å². The average Bonchev–Trinajstić information content (AvgIpc) is 1.89. The summed E-state index contributed by atoms with van der Waals surface area (Å²) in [5.74, 6) is 0.806. The Morgan fingerprint density at radius 1 is 1.22 bits per heavy atom. The fraction of sp³-hybridized carbons (Fsp3) is 0.750. The Balaban J connectivity index is 2.82. The van der Waals surface area contributed by atoms with E-state index in [0.717, 1.165) is 18.7 Å². The second-order valence-corrected chi connectivity index (χ2v) is 2.44. The second-order valence-electron chi connectivity index (χ2n) is 2.06. The highest BCUT2D eigenvalue weighted by Gasteiger charge is 1.80. The molecule has 1 heteroatoms. The van der Waals surface area contributed by atoms with Gasteiger partial charge in [-0.3, -0.25) is 0 Å². The van der Waals surface area contributed by atoms with Crippen molar-refractivity contribution in [2.75, 3.05) is 5.88 Å². The van der Waals surface area contributed by atoms with Gasteiger partial charge in [-0.25, -0.2) is 0 Å². The van der Waals surface area contributed by atoms with Crippen molar-refractivity contribution < 1.29 is 0 Å². The lowest BCUT2D eigenvalue weighted by Gasteiger charge is -1.88. The fourth-order valence-electron chi connectivity index (χ4n) is 0.641. The number of alkyl halides is 1. The molecule has 0 atom stereocenters. The Bertz CT molecular complexity index is 67.0. The molecule has 0 N–H and O–H groups in total. The number of hydrogen-bond donors (Lipinski definition) is 0. The quantitative estimate of drug-likeness (QED) is 0.317. The molecule has 0 nitrogen and oxygen atoms in total. The van der Waals surface area contributed by atoms with Crippen LogP contribution in [0.4, 0.5) is 0 Å². The predicted octanol–water partition coefficient (Wildman–Crippen LogP) is 3.36. The van der Waals surface area contributed by atoms with Crippen molar-refractivity contribution in [2.45, 2.75) is 32.6 Å². The summed E-state index contributed by atoms with van der Waals surface area (Å²) in [7, 11) is 0. The Kier molecular flexibility index (Phi) is 8.06. The molecule has 0 aliphatic carbocycles. The summed E-state index contributed by atoms with van der Waals surface area (Å²) in [4.78, 5) is 0. The molecule has 0 saturated heterocycles. The van der Waals surface area contributed by atoms with Gasteiger partial charge in [-0.15, -0.1) is 11.6 Å². The Hall–Kier alpha value is 0.0300. The molecule has 0 spiro atoms. The van der Waals surface area contributed by atoms with Crippen LogP contribution in [0.5, 0.6) is 0 Å². The Morgan fingerprint density at radius 3 is 2.56 bits per heavy atom. The maximum absolute atomic E-state index is 5.49. The Labute approximate surface area is 62.9 Å². The van der Waals surface area contributed by atoms with Crippen molar-refractivity contribution in [3.63, 3.8) is 0 Å². The predicted molar refractivity (Wildman–Crippen MR) is 44.0 cm³/mol. The van der Waals surface area contributed by atoms with Crippen molar-refractivity contribution in [1.82, 2.24) is 0 Å². The molecule has 0 aliphatic rings. The summed E-state index contributed by atoms with van der Waals surface area (Å²) in [5.41, 5.74) is 0. The first-order valence-electron chi connectivity index (χ1n) is 3.62. The minimum Gasteiger partial charge on any atom is -0.127 e. The summed E-state index contributed by atoms with van der Waals surface area (Å²) in [6, 6.07) is 0. The molecule has 0 aromatic rings. The second kappa shape index (κ2) is 8.03. The molecule has 0 amide bonds. The molecular formula is C8H15Cl. The molecule has 0 bridgehead atoms. The summed E-state index contributed by atoms with van der Waals surface area (Å²) >= 11 is 5.49.